The predicted molar refractivity (Wildman–Crippen MR) is 46.4 cm³/mol. The van der Waals surface area contributed by atoms with E-state index in [-0.39, 0.29) is 0 Å². The first-order valence-corrected chi connectivity index (χ1v) is 4.33. The average molecular weight is 152 g/mol. The highest BCUT2D eigenvalue weighted by atomic mass is 16.1. The second-order valence-corrected chi connectivity index (χ2v) is 3.75. The van der Waals surface area contributed by atoms with E-state index in [1.54, 1.807) is 0 Å². The van der Waals surface area contributed by atoms with Crippen molar-refractivity contribution in [3.8, 4) is 0 Å². The molecule has 0 unspecified atom stereocenters. The van der Waals surface area contributed by atoms with E-state index in [1.807, 2.05) is 6.92 Å². The number of hydrogen-bond acceptors (Lipinski definition) is 1. The first-order chi connectivity index (χ1) is 5.11. The molecule has 1 nitrogen and oxygen atoms in total. The van der Waals surface area contributed by atoms with Gasteiger partial charge in [0, 0.05) is 6.42 Å². The van der Waals surface area contributed by atoms with Gasteiger partial charge in [-0.3, -0.25) is 4.79 Å². The van der Waals surface area contributed by atoms with Crippen molar-refractivity contribution in [3.05, 3.63) is 11.1 Å². The number of carbonyl (C=O) groups is 1. The van der Waals surface area contributed by atoms with Gasteiger partial charge in [0.15, 0.2) is 5.78 Å². The van der Waals surface area contributed by atoms with Crippen LogP contribution in [0.3, 0.4) is 0 Å². The topological polar surface area (TPSA) is 17.1 Å². The van der Waals surface area contributed by atoms with Gasteiger partial charge >= 0.3 is 0 Å². The molecule has 1 heteroatoms. The third-order valence-electron chi connectivity index (χ3n) is 2.26. The third kappa shape index (κ3) is 1.92. The maximum absolute atomic E-state index is 11.1. The zero-order valence-corrected chi connectivity index (χ0v) is 7.61. The first-order valence-electron chi connectivity index (χ1n) is 4.33. The van der Waals surface area contributed by atoms with Crippen molar-refractivity contribution in [1.29, 1.82) is 0 Å². The van der Waals surface area contributed by atoms with Crippen molar-refractivity contribution >= 4 is 5.78 Å². The standard InChI is InChI=1S/C10H16O/c1-7(2)6-9-4-5-10(11)8(9)3/h7H,4-6H2,1-3H3. The summed E-state index contributed by atoms with van der Waals surface area (Å²) in [5.74, 6) is 1.05. The van der Waals surface area contributed by atoms with E-state index >= 15 is 0 Å². The van der Waals surface area contributed by atoms with E-state index in [2.05, 4.69) is 13.8 Å². The van der Waals surface area contributed by atoms with E-state index in [1.165, 1.54) is 5.57 Å². The summed E-state index contributed by atoms with van der Waals surface area (Å²) in [4.78, 5) is 11.1. The van der Waals surface area contributed by atoms with Gasteiger partial charge in [-0.05, 0) is 31.3 Å². The zero-order chi connectivity index (χ0) is 8.43. The van der Waals surface area contributed by atoms with Crippen LogP contribution in [0.25, 0.3) is 0 Å². The molecule has 0 radical (unpaired) electrons. The van der Waals surface area contributed by atoms with Crippen LogP contribution in [0.5, 0.6) is 0 Å². The van der Waals surface area contributed by atoms with Gasteiger partial charge in [-0.15, -0.1) is 0 Å². The summed E-state index contributed by atoms with van der Waals surface area (Å²) in [6.45, 7) is 6.36. The average Bonchev–Trinajstić information content (AvgIpc) is 2.18. The molecule has 1 rings (SSSR count). The Bertz CT molecular complexity index is 199. The molecule has 0 N–H and O–H groups in total. The van der Waals surface area contributed by atoms with Gasteiger partial charge in [-0.2, -0.15) is 0 Å². The minimum absolute atomic E-state index is 0.362. The Morgan fingerprint density at radius 2 is 2.00 bits per heavy atom. The summed E-state index contributed by atoms with van der Waals surface area (Å²) in [6, 6.07) is 0. The maximum Gasteiger partial charge on any atom is 0.158 e. The lowest BCUT2D eigenvalue weighted by molar-refractivity contribution is -0.114. The summed E-state index contributed by atoms with van der Waals surface area (Å²) in [7, 11) is 0. The zero-order valence-electron chi connectivity index (χ0n) is 7.61. The van der Waals surface area contributed by atoms with Crippen LogP contribution in [0.2, 0.25) is 0 Å². The van der Waals surface area contributed by atoms with E-state index < -0.39 is 0 Å². The molecule has 1 aliphatic carbocycles. The maximum atomic E-state index is 11.1. The lowest BCUT2D eigenvalue weighted by Crippen LogP contribution is -1.93. The molecular formula is C10H16O. The molecule has 11 heavy (non-hydrogen) atoms. The highest BCUT2D eigenvalue weighted by Crippen LogP contribution is 2.27. The van der Waals surface area contributed by atoms with Crippen molar-refractivity contribution in [2.75, 3.05) is 0 Å². The minimum atomic E-state index is 0.362. The van der Waals surface area contributed by atoms with Crippen LogP contribution >= 0.6 is 0 Å². The van der Waals surface area contributed by atoms with Gasteiger partial charge in [0.1, 0.15) is 0 Å². The molecule has 1 aliphatic rings. The summed E-state index contributed by atoms with van der Waals surface area (Å²) in [6.07, 6.45) is 2.88. The van der Waals surface area contributed by atoms with Gasteiger partial charge in [0.25, 0.3) is 0 Å². The molecule has 0 amide bonds. The smallest absolute Gasteiger partial charge is 0.158 e. The highest BCUT2D eigenvalue weighted by molar-refractivity contribution is 5.98. The molecule has 0 fully saturated rings. The molecule has 0 atom stereocenters. The van der Waals surface area contributed by atoms with Crippen LogP contribution in [0.4, 0.5) is 0 Å². The Labute approximate surface area is 68.5 Å². The molecular weight excluding hydrogens is 136 g/mol. The van der Waals surface area contributed by atoms with E-state index in [0.717, 1.165) is 24.8 Å². The second kappa shape index (κ2) is 3.21. The molecule has 0 heterocycles. The van der Waals surface area contributed by atoms with E-state index in [9.17, 15) is 4.79 Å². The summed E-state index contributed by atoms with van der Waals surface area (Å²) in [5, 5.41) is 0. The third-order valence-corrected chi connectivity index (χ3v) is 2.26. The SMILES string of the molecule is CC1=C(CC(C)C)CCC1=O. The van der Waals surface area contributed by atoms with Crippen molar-refractivity contribution in [3.63, 3.8) is 0 Å². The number of hydrogen-bond donors (Lipinski definition) is 0. The largest absolute Gasteiger partial charge is 0.295 e. The molecule has 0 aromatic carbocycles. The number of ketones is 1. The molecule has 0 bridgehead atoms. The highest BCUT2D eigenvalue weighted by Gasteiger charge is 2.18. The fourth-order valence-corrected chi connectivity index (χ4v) is 1.58. The first kappa shape index (κ1) is 8.51. The number of carbonyl (C=O) groups excluding carboxylic acids is 1. The fraction of sp³-hybridized carbons (Fsp3) is 0.700. The summed E-state index contributed by atoms with van der Waals surface area (Å²) >= 11 is 0. The predicted octanol–water partition coefficient (Wildman–Crippen LogP) is 2.71. The second-order valence-electron chi connectivity index (χ2n) is 3.75. The van der Waals surface area contributed by atoms with Crippen molar-refractivity contribution < 1.29 is 4.79 Å². The normalized spacial score (nSPS) is 18.7. The number of Topliss-reactive ketones (excluding diaryl/α,β-unsaturated/α-hetero) is 1. The Balaban J connectivity index is 2.64. The molecule has 62 valence electrons. The Hall–Kier alpha value is -0.590. The Morgan fingerprint density at radius 3 is 2.36 bits per heavy atom. The molecule has 0 saturated heterocycles. The fourth-order valence-electron chi connectivity index (χ4n) is 1.58. The number of rotatable bonds is 2. The van der Waals surface area contributed by atoms with Gasteiger partial charge in [0.2, 0.25) is 0 Å². The van der Waals surface area contributed by atoms with Crippen LogP contribution in [0, 0.1) is 5.92 Å². The summed E-state index contributed by atoms with van der Waals surface area (Å²) in [5.41, 5.74) is 2.43. The van der Waals surface area contributed by atoms with Crippen LogP contribution in [-0.4, -0.2) is 5.78 Å². The summed E-state index contributed by atoms with van der Waals surface area (Å²) < 4.78 is 0. The molecule has 0 aromatic rings. The lowest BCUT2D eigenvalue weighted by atomic mass is 10.0. The van der Waals surface area contributed by atoms with Crippen molar-refractivity contribution in [2.24, 2.45) is 5.92 Å². The van der Waals surface area contributed by atoms with E-state index in [0.29, 0.717) is 11.7 Å². The van der Waals surface area contributed by atoms with Crippen LogP contribution in [0.15, 0.2) is 11.1 Å². The van der Waals surface area contributed by atoms with Crippen LogP contribution < -0.4 is 0 Å². The van der Waals surface area contributed by atoms with Gasteiger partial charge in [-0.25, -0.2) is 0 Å². The molecule has 0 aromatic heterocycles. The Morgan fingerprint density at radius 1 is 1.36 bits per heavy atom. The molecule has 0 spiro atoms. The van der Waals surface area contributed by atoms with Crippen molar-refractivity contribution in [2.45, 2.75) is 40.0 Å². The minimum Gasteiger partial charge on any atom is -0.295 e. The monoisotopic (exact) mass is 152 g/mol. The molecule has 0 saturated carbocycles. The van der Waals surface area contributed by atoms with Crippen molar-refractivity contribution in [1.82, 2.24) is 0 Å². The number of allylic oxidation sites excluding steroid dienone is 2. The van der Waals surface area contributed by atoms with Gasteiger partial charge < -0.3 is 0 Å². The Kier molecular flexibility index (Phi) is 2.48. The van der Waals surface area contributed by atoms with Crippen LogP contribution in [-0.2, 0) is 4.79 Å². The van der Waals surface area contributed by atoms with Gasteiger partial charge in [-0.1, -0.05) is 19.4 Å². The molecule has 0 aliphatic heterocycles. The quantitative estimate of drug-likeness (QED) is 0.594. The van der Waals surface area contributed by atoms with Crippen LogP contribution in [0.1, 0.15) is 40.0 Å². The van der Waals surface area contributed by atoms with E-state index in [4.69, 9.17) is 0 Å². The lowest BCUT2D eigenvalue weighted by Gasteiger charge is -2.05. The van der Waals surface area contributed by atoms with Gasteiger partial charge in [0.05, 0.1) is 0 Å².